The van der Waals surface area contributed by atoms with E-state index in [9.17, 15) is 4.79 Å². The predicted molar refractivity (Wildman–Crippen MR) is 88.4 cm³/mol. The average Bonchev–Trinajstić information content (AvgIpc) is 2.43. The van der Waals surface area contributed by atoms with Crippen molar-refractivity contribution in [3.63, 3.8) is 0 Å². The van der Waals surface area contributed by atoms with Crippen molar-refractivity contribution in [2.24, 2.45) is 11.3 Å². The number of hydrogen-bond acceptors (Lipinski definition) is 1. The first-order valence-electron chi connectivity index (χ1n) is 9.12. The van der Waals surface area contributed by atoms with Gasteiger partial charge in [-0.2, -0.15) is 0 Å². The number of amides is 2. The normalized spacial score (nSPS) is 32.0. The van der Waals surface area contributed by atoms with Crippen molar-refractivity contribution in [3.05, 3.63) is 0 Å². The van der Waals surface area contributed by atoms with Crippen LogP contribution in [0, 0.1) is 11.3 Å². The SMILES string of the molecule is CC1CCC(C)(CNC(=O)NC2CCCCCCC2)CC1. The van der Waals surface area contributed by atoms with Crippen LogP contribution in [-0.4, -0.2) is 18.6 Å². The van der Waals surface area contributed by atoms with Crippen LogP contribution < -0.4 is 10.6 Å². The second kappa shape index (κ2) is 8.05. The van der Waals surface area contributed by atoms with Gasteiger partial charge in [0.05, 0.1) is 0 Å². The lowest BCUT2D eigenvalue weighted by molar-refractivity contribution is 0.170. The van der Waals surface area contributed by atoms with Crippen LogP contribution >= 0.6 is 0 Å². The van der Waals surface area contributed by atoms with Crippen molar-refractivity contribution >= 4 is 6.03 Å². The van der Waals surface area contributed by atoms with Gasteiger partial charge in [0.1, 0.15) is 0 Å². The molecule has 0 aromatic carbocycles. The van der Waals surface area contributed by atoms with E-state index in [0.29, 0.717) is 11.5 Å². The Balaban J connectivity index is 1.68. The van der Waals surface area contributed by atoms with Gasteiger partial charge in [0.25, 0.3) is 0 Å². The molecule has 0 aromatic rings. The van der Waals surface area contributed by atoms with Crippen molar-refractivity contribution in [1.29, 1.82) is 0 Å². The zero-order valence-corrected chi connectivity index (χ0v) is 14.0. The number of carbonyl (C=O) groups is 1. The van der Waals surface area contributed by atoms with Crippen LogP contribution in [0.5, 0.6) is 0 Å². The second-order valence-electron chi connectivity index (χ2n) is 7.86. The molecule has 2 aliphatic carbocycles. The van der Waals surface area contributed by atoms with Crippen LogP contribution in [0.15, 0.2) is 0 Å². The van der Waals surface area contributed by atoms with Crippen molar-refractivity contribution < 1.29 is 4.79 Å². The highest BCUT2D eigenvalue weighted by atomic mass is 16.2. The Labute approximate surface area is 130 Å². The maximum atomic E-state index is 12.1. The molecule has 2 aliphatic rings. The molecule has 21 heavy (non-hydrogen) atoms. The summed E-state index contributed by atoms with van der Waals surface area (Å²) in [5, 5.41) is 6.34. The maximum Gasteiger partial charge on any atom is 0.315 e. The number of hydrogen-bond donors (Lipinski definition) is 2. The lowest BCUT2D eigenvalue weighted by atomic mass is 9.72. The molecule has 3 nitrogen and oxygen atoms in total. The minimum Gasteiger partial charge on any atom is -0.338 e. The Bertz CT molecular complexity index is 313. The summed E-state index contributed by atoms with van der Waals surface area (Å²) in [5.41, 5.74) is 0.310. The highest BCUT2D eigenvalue weighted by Crippen LogP contribution is 2.37. The minimum absolute atomic E-state index is 0.0559. The topological polar surface area (TPSA) is 41.1 Å². The monoisotopic (exact) mass is 294 g/mol. The Kier molecular flexibility index (Phi) is 6.38. The fourth-order valence-electron chi connectivity index (χ4n) is 3.77. The van der Waals surface area contributed by atoms with Crippen LogP contribution in [0.25, 0.3) is 0 Å². The molecule has 3 heteroatoms. The lowest BCUT2D eigenvalue weighted by Crippen LogP contribution is -2.46. The summed E-state index contributed by atoms with van der Waals surface area (Å²) in [6.45, 7) is 5.50. The molecule has 0 aromatic heterocycles. The first-order valence-corrected chi connectivity index (χ1v) is 9.12. The van der Waals surface area contributed by atoms with Crippen LogP contribution in [0.1, 0.15) is 84.5 Å². The third kappa shape index (κ3) is 5.88. The predicted octanol–water partition coefficient (Wildman–Crippen LogP) is 4.61. The molecule has 0 unspecified atom stereocenters. The molecule has 122 valence electrons. The Morgan fingerprint density at radius 3 is 2.19 bits per heavy atom. The summed E-state index contributed by atoms with van der Waals surface area (Å²) >= 11 is 0. The average molecular weight is 294 g/mol. The minimum atomic E-state index is 0.0559. The molecule has 2 fully saturated rings. The fraction of sp³-hybridized carbons (Fsp3) is 0.944. The molecule has 0 saturated heterocycles. The zero-order valence-electron chi connectivity index (χ0n) is 14.0. The molecule has 0 radical (unpaired) electrons. The van der Waals surface area contributed by atoms with Gasteiger partial charge < -0.3 is 10.6 Å². The number of urea groups is 1. The highest BCUT2D eigenvalue weighted by Gasteiger charge is 2.30. The molecule has 0 atom stereocenters. The van der Waals surface area contributed by atoms with Gasteiger partial charge in [-0.1, -0.05) is 58.8 Å². The summed E-state index contributed by atoms with van der Waals surface area (Å²) in [6, 6.07) is 0.449. The molecular weight excluding hydrogens is 260 g/mol. The number of nitrogens with one attached hydrogen (secondary N) is 2. The molecule has 0 aliphatic heterocycles. The fourth-order valence-corrected chi connectivity index (χ4v) is 3.77. The molecule has 0 spiro atoms. The maximum absolute atomic E-state index is 12.1. The first-order chi connectivity index (χ1) is 10.1. The van der Waals surface area contributed by atoms with Crippen molar-refractivity contribution in [1.82, 2.24) is 10.6 Å². The van der Waals surface area contributed by atoms with E-state index in [-0.39, 0.29) is 6.03 Å². The van der Waals surface area contributed by atoms with Crippen LogP contribution in [-0.2, 0) is 0 Å². The summed E-state index contributed by atoms with van der Waals surface area (Å²) in [7, 11) is 0. The van der Waals surface area contributed by atoms with E-state index in [1.54, 1.807) is 0 Å². The van der Waals surface area contributed by atoms with Gasteiger partial charge in [0.15, 0.2) is 0 Å². The Morgan fingerprint density at radius 2 is 1.57 bits per heavy atom. The van der Waals surface area contributed by atoms with Crippen molar-refractivity contribution in [2.45, 2.75) is 90.5 Å². The third-order valence-electron chi connectivity index (χ3n) is 5.60. The number of carbonyl (C=O) groups excluding carboxylic acids is 1. The Hall–Kier alpha value is -0.730. The third-order valence-corrected chi connectivity index (χ3v) is 5.60. The van der Waals surface area contributed by atoms with Gasteiger partial charge in [0.2, 0.25) is 0 Å². The van der Waals surface area contributed by atoms with E-state index in [1.807, 2.05) is 0 Å². The molecular formula is C18H34N2O. The van der Waals surface area contributed by atoms with Crippen molar-refractivity contribution in [2.75, 3.05) is 6.54 Å². The van der Waals surface area contributed by atoms with E-state index in [0.717, 1.165) is 25.3 Å². The summed E-state index contributed by atoms with van der Waals surface area (Å²) in [5.74, 6) is 0.863. The molecule has 2 N–H and O–H groups in total. The van der Waals surface area contributed by atoms with Gasteiger partial charge in [-0.15, -0.1) is 0 Å². The molecule has 2 amide bonds. The molecule has 2 saturated carbocycles. The standard InChI is InChI=1S/C18H34N2O/c1-15-10-12-18(2,13-11-15)14-19-17(21)20-16-8-6-4-3-5-7-9-16/h15-16H,3-14H2,1-2H3,(H2,19,20,21). The first kappa shape index (κ1) is 16.6. The number of rotatable bonds is 3. The zero-order chi connectivity index (χ0) is 15.1. The van der Waals surface area contributed by atoms with Crippen molar-refractivity contribution in [3.8, 4) is 0 Å². The Morgan fingerprint density at radius 1 is 1.00 bits per heavy atom. The van der Waals surface area contributed by atoms with Crippen LogP contribution in [0.3, 0.4) is 0 Å². The van der Waals surface area contributed by atoms with Crippen LogP contribution in [0.4, 0.5) is 4.79 Å². The largest absolute Gasteiger partial charge is 0.338 e. The smallest absolute Gasteiger partial charge is 0.315 e. The highest BCUT2D eigenvalue weighted by molar-refractivity contribution is 5.74. The molecule has 0 heterocycles. The van der Waals surface area contributed by atoms with E-state index >= 15 is 0 Å². The summed E-state index contributed by atoms with van der Waals surface area (Å²) in [6.07, 6.45) is 14.0. The van der Waals surface area contributed by atoms with Gasteiger partial charge in [-0.3, -0.25) is 0 Å². The van der Waals surface area contributed by atoms with Gasteiger partial charge in [-0.25, -0.2) is 4.79 Å². The quantitative estimate of drug-likeness (QED) is 0.784. The van der Waals surface area contributed by atoms with Gasteiger partial charge in [0, 0.05) is 12.6 Å². The molecule has 2 rings (SSSR count). The van der Waals surface area contributed by atoms with Crippen LogP contribution in [0.2, 0.25) is 0 Å². The van der Waals surface area contributed by atoms with E-state index in [1.165, 1.54) is 57.8 Å². The van der Waals surface area contributed by atoms with E-state index < -0.39 is 0 Å². The van der Waals surface area contributed by atoms with E-state index in [2.05, 4.69) is 24.5 Å². The summed E-state index contributed by atoms with van der Waals surface area (Å²) in [4.78, 5) is 12.1. The summed E-state index contributed by atoms with van der Waals surface area (Å²) < 4.78 is 0. The van der Waals surface area contributed by atoms with E-state index in [4.69, 9.17) is 0 Å². The van der Waals surface area contributed by atoms with Gasteiger partial charge >= 0.3 is 6.03 Å². The molecule has 0 bridgehead atoms. The lowest BCUT2D eigenvalue weighted by Gasteiger charge is -2.36. The van der Waals surface area contributed by atoms with Gasteiger partial charge in [-0.05, 0) is 37.0 Å². The second-order valence-corrected chi connectivity index (χ2v) is 7.86.